The number of carbonyl (C=O) groups is 1. The van der Waals surface area contributed by atoms with Gasteiger partial charge in [-0.1, -0.05) is 6.08 Å². The smallest absolute Gasteiger partial charge is 0.329 e. The van der Waals surface area contributed by atoms with Crippen LogP contribution in [0.1, 0.15) is 12.5 Å². The molecule has 110 valence electrons. The van der Waals surface area contributed by atoms with Gasteiger partial charge >= 0.3 is 5.97 Å². The van der Waals surface area contributed by atoms with Crippen LogP contribution in [0.4, 0.5) is 0 Å². The van der Waals surface area contributed by atoms with Gasteiger partial charge in [0.1, 0.15) is 11.5 Å². The molecule has 6 heteroatoms. The Morgan fingerprint density at radius 1 is 1.45 bits per heavy atom. The van der Waals surface area contributed by atoms with Crippen LogP contribution < -0.4 is 9.47 Å². The van der Waals surface area contributed by atoms with Crippen molar-refractivity contribution >= 4 is 15.8 Å². The zero-order valence-corrected chi connectivity index (χ0v) is 12.6. The third kappa shape index (κ3) is 4.09. The monoisotopic (exact) mass is 298 g/mol. The Bertz CT molecular complexity index is 604. The molecule has 0 amide bonds. The second kappa shape index (κ2) is 6.56. The average Bonchev–Trinajstić information content (AvgIpc) is 2.38. The van der Waals surface area contributed by atoms with Gasteiger partial charge in [0.2, 0.25) is 0 Å². The highest BCUT2D eigenvalue weighted by atomic mass is 32.2. The van der Waals surface area contributed by atoms with E-state index in [1.165, 1.54) is 14.0 Å². The van der Waals surface area contributed by atoms with Crippen LogP contribution in [-0.2, 0) is 21.1 Å². The van der Waals surface area contributed by atoms with Crippen molar-refractivity contribution in [1.82, 2.24) is 0 Å². The highest BCUT2D eigenvalue weighted by Crippen LogP contribution is 2.25. The van der Waals surface area contributed by atoms with E-state index in [4.69, 9.17) is 9.47 Å². The molecule has 0 bridgehead atoms. The first-order valence-corrected chi connectivity index (χ1v) is 7.93. The number of ether oxygens (including phenoxy) is 2. The first kappa shape index (κ1) is 16.2. The summed E-state index contributed by atoms with van der Waals surface area (Å²) in [5, 5.41) is -1.21. The molecule has 0 spiro atoms. The molecule has 0 N–H and O–H groups in total. The molecular formula is C14H18O5S. The van der Waals surface area contributed by atoms with E-state index in [9.17, 15) is 13.2 Å². The summed E-state index contributed by atoms with van der Waals surface area (Å²) in [7, 11) is -1.95. The normalized spacial score (nSPS) is 12.6. The number of esters is 1. The van der Waals surface area contributed by atoms with Gasteiger partial charge in [0.05, 0.1) is 7.11 Å². The zero-order valence-electron chi connectivity index (χ0n) is 11.8. The minimum Gasteiger partial charge on any atom is -0.497 e. The Labute approximate surface area is 119 Å². The van der Waals surface area contributed by atoms with Crippen LogP contribution in [0.2, 0.25) is 0 Å². The molecule has 0 unspecified atom stereocenters. The summed E-state index contributed by atoms with van der Waals surface area (Å²) in [4.78, 5) is 11.8. The van der Waals surface area contributed by atoms with Crippen molar-refractivity contribution in [3.05, 3.63) is 36.4 Å². The molecule has 0 saturated carbocycles. The lowest BCUT2D eigenvalue weighted by Crippen LogP contribution is -2.30. The molecule has 0 aliphatic rings. The van der Waals surface area contributed by atoms with Gasteiger partial charge in [-0.15, -0.1) is 6.58 Å². The largest absolute Gasteiger partial charge is 0.497 e. The fourth-order valence-electron chi connectivity index (χ4n) is 1.46. The molecule has 0 aromatic heterocycles. The number of benzene rings is 1. The number of allylic oxidation sites excluding steroid dienone is 1. The Hall–Kier alpha value is -1.82. The summed E-state index contributed by atoms with van der Waals surface area (Å²) in [6.45, 7) is 4.93. The van der Waals surface area contributed by atoms with Gasteiger partial charge in [-0.2, -0.15) is 0 Å². The Morgan fingerprint density at radius 2 is 2.10 bits per heavy atom. The predicted octanol–water partition coefficient (Wildman–Crippen LogP) is 1.76. The first-order valence-electron chi connectivity index (χ1n) is 5.98. The Kier molecular flexibility index (Phi) is 5.33. The summed E-state index contributed by atoms with van der Waals surface area (Å²) in [5.74, 6) is 0.131. The molecule has 0 saturated heterocycles. The van der Waals surface area contributed by atoms with Crippen molar-refractivity contribution in [2.24, 2.45) is 0 Å². The molecule has 1 aromatic carbocycles. The molecule has 0 aliphatic carbocycles. The lowest BCUT2D eigenvalue weighted by molar-refractivity contribution is -0.133. The maximum Gasteiger partial charge on any atom is 0.329 e. The van der Waals surface area contributed by atoms with E-state index in [1.807, 2.05) is 0 Å². The predicted molar refractivity (Wildman–Crippen MR) is 76.8 cm³/mol. The molecule has 1 aromatic rings. The van der Waals surface area contributed by atoms with E-state index in [0.717, 1.165) is 6.26 Å². The maximum atomic E-state index is 11.8. The Morgan fingerprint density at radius 3 is 2.60 bits per heavy atom. The van der Waals surface area contributed by atoms with Crippen molar-refractivity contribution in [2.45, 2.75) is 18.6 Å². The van der Waals surface area contributed by atoms with Gasteiger partial charge in [0, 0.05) is 11.8 Å². The molecule has 20 heavy (non-hydrogen) atoms. The highest BCUT2D eigenvalue weighted by molar-refractivity contribution is 7.92. The minimum absolute atomic E-state index is 0.311. The summed E-state index contributed by atoms with van der Waals surface area (Å²) >= 11 is 0. The molecular weight excluding hydrogens is 280 g/mol. The van der Waals surface area contributed by atoms with Gasteiger partial charge in [-0.05, 0) is 31.5 Å². The quantitative estimate of drug-likeness (QED) is 0.455. The summed E-state index contributed by atoms with van der Waals surface area (Å²) in [5.41, 5.74) is 0.702. The van der Waals surface area contributed by atoms with Crippen LogP contribution in [0.15, 0.2) is 30.9 Å². The molecule has 1 rings (SSSR count). The number of hydrogen-bond acceptors (Lipinski definition) is 5. The fraction of sp³-hybridized carbons (Fsp3) is 0.357. The van der Waals surface area contributed by atoms with Crippen LogP contribution in [-0.4, -0.2) is 33.0 Å². The zero-order chi connectivity index (χ0) is 15.3. The fourth-order valence-corrected chi connectivity index (χ4v) is 1.86. The molecule has 1 atom stereocenters. The first-order chi connectivity index (χ1) is 9.29. The van der Waals surface area contributed by atoms with Crippen molar-refractivity contribution < 1.29 is 22.7 Å². The summed E-state index contributed by atoms with van der Waals surface area (Å²) in [6.07, 6.45) is 3.14. The molecule has 0 heterocycles. The van der Waals surface area contributed by atoms with Crippen molar-refractivity contribution in [3.63, 3.8) is 0 Å². The number of carbonyl (C=O) groups excluding carboxylic acids is 1. The van der Waals surface area contributed by atoms with E-state index < -0.39 is 21.1 Å². The minimum atomic E-state index is -3.48. The molecule has 0 fully saturated rings. The van der Waals surface area contributed by atoms with Crippen molar-refractivity contribution in [1.29, 1.82) is 0 Å². The van der Waals surface area contributed by atoms with Crippen LogP contribution in [0.3, 0.4) is 0 Å². The summed E-state index contributed by atoms with van der Waals surface area (Å²) < 4.78 is 32.9. The number of sulfone groups is 1. The number of rotatable bonds is 6. The Balaban J connectivity index is 3.02. The van der Waals surface area contributed by atoms with E-state index in [-0.39, 0.29) is 0 Å². The third-order valence-electron chi connectivity index (χ3n) is 2.82. The van der Waals surface area contributed by atoms with E-state index in [2.05, 4.69) is 6.58 Å². The number of hydrogen-bond donors (Lipinski definition) is 0. The van der Waals surface area contributed by atoms with Crippen LogP contribution in [0, 0.1) is 0 Å². The van der Waals surface area contributed by atoms with Gasteiger partial charge in [0.15, 0.2) is 15.1 Å². The second-order valence-electron chi connectivity index (χ2n) is 4.36. The average molecular weight is 298 g/mol. The van der Waals surface area contributed by atoms with E-state index >= 15 is 0 Å². The lowest BCUT2D eigenvalue weighted by atomic mass is 10.1. The van der Waals surface area contributed by atoms with Gasteiger partial charge < -0.3 is 9.47 Å². The topological polar surface area (TPSA) is 69.7 Å². The van der Waals surface area contributed by atoms with E-state index in [0.29, 0.717) is 23.5 Å². The molecule has 0 radical (unpaired) electrons. The highest BCUT2D eigenvalue weighted by Gasteiger charge is 2.26. The van der Waals surface area contributed by atoms with Crippen LogP contribution >= 0.6 is 0 Å². The van der Waals surface area contributed by atoms with Crippen molar-refractivity contribution in [2.75, 3.05) is 13.4 Å². The van der Waals surface area contributed by atoms with Gasteiger partial charge in [-0.3, -0.25) is 4.79 Å². The molecule has 5 nitrogen and oxygen atoms in total. The summed E-state index contributed by atoms with van der Waals surface area (Å²) in [6, 6.07) is 4.93. The van der Waals surface area contributed by atoms with E-state index in [1.54, 1.807) is 24.3 Å². The number of methoxy groups -OCH3 is 1. The molecule has 0 aliphatic heterocycles. The van der Waals surface area contributed by atoms with Gasteiger partial charge in [0.25, 0.3) is 0 Å². The second-order valence-corrected chi connectivity index (χ2v) is 6.73. The third-order valence-corrected chi connectivity index (χ3v) is 4.29. The van der Waals surface area contributed by atoms with Crippen LogP contribution in [0.5, 0.6) is 11.5 Å². The van der Waals surface area contributed by atoms with Crippen LogP contribution in [0.25, 0.3) is 0 Å². The maximum absolute atomic E-state index is 11.8. The SMILES string of the molecule is C=CCc1cc(OC)ccc1OC(=O)[C@H](C)S(C)(=O)=O. The van der Waals surface area contributed by atoms with Crippen molar-refractivity contribution in [3.8, 4) is 11.5 Å². The lowest BCUT2D eigenvalue weighted by Gasteiger charge is -2.13. The standard InChI is InChI=1S/C14H18O5S/c1-5-6-11-9-12(18-3)7-8-13(11)19-14(15)10(2)20(4,16)17/h5,7-10H,1,6H2,2-4H3/t10-/m0/s1. The van der Waals surface area contributed by atoms with Gasteiger partial charge in [-0.25, -0.2) is 8.42 Å².